The molecule has 1 aromatic rings. The van der Waals surface area contributed by atoms with Gasteiger partial charge in [-0.25, -0.2) is 0 Å². The number of aliphatic hydroxyl groups is 1. The van der Waals surface area contributed by atoms with Crippen LogP contribution >= 0.6 is 0 Å². The van der Waals surface area contributed by atoms with Gasteiger partial charge in [-0.2, -0.15) is 0 Å². The number of hydrogen-bond acceptors (Lipinski definition) is 1. The normalized spacial score (nSPS) is 27.6. The van der Waals surface area contributed by atoms with E-state index in [-0.39, 0.29) is 11.5 Å². The largest absolute Gasteiger partial charge is 0.388 e. The predicted octanol–water partition coefficient (Wildman–Crippen LogP) is 3.47. The minimum absolute atomic E-state index is 0.0837. The van der Waals surface area contributed by atoms with Gasteiger partial charge >= 0.3 is 0 Å². The fraction of sp³-hybridized carbons (Fsp3) is 0.429. The first kappa shape index (κ1) is 10.4. The summed E-state index contributed by atoms with van der Waals surface area (Å²) >= 11 is 0. The van der Waals surface area contributed by atoms with Crippen molar-refractivity contribution in [3.63, 3.8) is 0 Å². The van der Waals surface area contributed by atoms with E-state index in [1.165, 1.54) is 6.42 Å². The van der Waals surface area contributed by atoms with E-state index in [9.17, 15) is 5.11 Å². The minimum atomic E-state index is -0.379. The van der Waals surface area contributed by atoms with Crippen molar-refractivity contribution in [3.05, 3.63) is 48.0 Å². The average Bonchev–Trinajstić information content (AvgIpc) is 2.30. The Bertz CT molecular complexity index is 342. The van der Waals surface area contributed by atoms with Crippen LogP contribution in [0.15, 0.2) is 42.5 Å². The summed E-state index contributed by atoms with van der Waals surface area (Å²) in [5.74, 6) is 0. The molecule has 80 valence electrons. The second kappa shape index (κ2) is 4.19. The molecule has 1 nitrogen and oxygen atoms in total. The quantitative estimate of drug-likeness (QED) is 0.728. The third-order valence-electron chi connectivity index (χ3n) is 3.32. The van der Waals surface area contributed by atoms with Crippen molar-refractivity contribution in [1.29, 1.82) is 0 Å². The second-order valence-electron chi connectivity index (χ2n) is 4.61. The molecule has 1 aromatic carbocycles. The van der Waals surface area contributed by atoms with Gasteiger partial charge < -0.3 is 5.11 Å². The number of benzene rings is 1. The maximum Gasteiger partial charge on any atom is 0.0877 e. The van der Waals surface area contributed by atoms with Crippen LogP contribution in [0.2, 0.25) is 0 Å². The number of aliphatic hydroxyl groups excluding tert-OH is 1. The maximum absolute atomic E-state index is 10.4. The highest BCUT2D eigenvalue weighted by molar-refractivity contribution is 5.22. The molecule has 0 saturated heterocycles. The van der Waals surface area contributed by atoms with Crippen LogP contribution in [0.3, 0.4) is 0 Å². The van der Waals surface area contributed by atoms with Crippen LogP contribution in [0, 0.1) is 5.41 Å². The summed E-state index contributed by atoms with van der Waals surface area (Å²) in [6.07, 6.45) is 7.38. The molecule has 0 unspecified atom stereocenters. The van der Waals surface area contributed by atoms with Crippen molar-refractivity contribution < 1.29 is 5.11 Å². The van der Waals surface area contributed by atoms with Crippen LogP contribution in [0.5, 0.6) is 0 Å². The van der Waals surface area contributed by atoms with E-state index in [4.69, 9.17) is 0 Å². The topological polar surface area (TPSA) is 20.2 Å². The zero-order chi connectivity index (χ0) is 10.7. The molecule has 1 heteroatoms. The number of hydrogen-bond donors (Lipinski definition) is 1. The summed E-state index contributed by atoms with van der Waals surface area (Å²) < 4.78 is 0. The maximum atomic E-state index is 10.4. The molecular weight excluding hydrogens is 184 g/mol. The van der Waals surface area contributed by atoms with E-state index in [0.717, 1.165) is 18.4 Å². The van der Waals surface area contributed by atoms with Crippen LogP contribution in [0.25, 0.3) is 0 Å². The van der Waals surface area contributed by atoms with Gasteiger partial charge in [0.2, 0.25) is 0 Å². The van der Waals surface area contributed by atoms with Gasteiger partial charge in [0.1, 0.15) is 0 Å². The third kappa shape index (κ3) is 2.13. The first-order chi connectivity index (χ1) is 7.22. The molecule has 1 aliphatic rings. The first-order valence-corrected chi connectivity index (χ1v) is 5.63. The molecule has 0 spiro atoms. The van der Waals surface area contributed by atoms with Crippen molar-refractivity contribution in [3.8, 4) is 0 Å². The Morgan fingerprint density at radius 2 is 2.00 bits per heavy atom. The zero-order valence-electron chi connectivity index (χ0n) is 9.19. The van der Waals surface area contributed by atoms with Gasteiger partial charge in [-0.1, -0.05) is 49.4 Å². The highest BCUT2D eigenvalue weighted by Crippen LogP contribution is 2.41. The molecule has 1 N–H and O–H groups in total. The zero-order valence-corrected chi connectivity index (χ0v) is 9.19. The third-order valence-corrected chi connectivity index (χ3v) is 3.32. The van der Waals surface area contributed by atoms with Crippen molar-refractivity contribution >= 4 is 0 Å². The molecule has 2 rings (SSSR count). The van der Waals surface area contributed by atoms with E-state index in [1.807, 2.05) is 30.3 Å². The van der Waals surface area contributed by atoms with Crippen LogP contribution in [-0.4, -0.2) is 5.11 Å². The van der Waals surface area contributed by atoms with Gasteiger partial charge in [-0.05, 0) is 24.8 Å². The molecule has 15 heavy (non-hydrogen) atoms. The summed E-state index contributed by atoms with van der Waals surface area (Å²) in [4.78, 5) is 0. The fourth-order valence-corrected chi connectivity index (χ4v) is 2.28. The monoisotopic (exact) mass is 202 g/mol. The smallest absolute Gasteiger partial charge is 0.0877 e. The molecule has 0 aliphatic heterocycles. The Morgan fingerprint density at radius 1 is 1.27 bits per heavy atom. The van der Waals surface area contributed by atoms with Crippen LogP contribution in [0.4, 0.5) is 0 Å². The number of rotatable bonds is 2. The van der Waals surface area contributed by atoms with E-state index in [0.29, 0.717) is 0 Å². The summed E-state index contributed by atoms with van der Waals surface area (Å²) in [6.45, 7) is 2.14. The summed E-state index contributed by atoms with van der Waals surface area (Å²) in [5.41, 5.74) is 0.936. The van der Waals surface area contributed by atoms with Crippen molar-refractivity contribution in [1.82, 2.24) is 0 Å². The molecular formula is C14H18O. The van der Waals surface area contributed by atoms with Crippen LogP contribution in [0.1, 0.15) is 37.9 Å². The Kier molecular flexibility index (Phi) is 2.92. The molecule has 0 amide bonds. The summed E-state index contributed by atoms with van der Waals surface area (Å²) in [7, 11) is 0. The van der Waals surface area contributed by atoms with Gasteiger partial charge in [-0.3, -0.25) is 0 Å². The lowest BCUT2D eigenvalue weighted by atomic mass is 9.74. The Labute approximate surface area is 91.4 Å². The van der Waals surface area contributed by atoms with E-state index >= 15 is 0 Å². The predicted molar refractivity (Wildman–Crippen MR) is 62.5 cm³/mol. The van der Waals surface area contributed by atoms with Gasteiger partial charge in [0.15, 0.2) is 0 Å². The lowest BCUT2D eigenvalue weighted by molar-refractivity contribution is 0.0594. The summed E-state index contributed by atoms with van der Waals surface area (Å²) in [5, 5.41) is 10.4. The highest BCUT2D eigenvalue weighted by atomic mass is 16.3. The van der Waals surface area contributed by atoms with E-state index in [2.05, 4.69) is 19.1 Å². The standard InChI is InChI=1S/C14H18O/c1-14(10-6-3-7-11-14)13(15)12-8-4-2-5-9-12/h2,4-6,8-10,13,15H,3,7,11H2,1H3/t13-,14-/m1/s1. The molecule has 0 aromatic heterocycles. The minimum Gasteiger partial charge on any atom is -0.388 e. The lowest BCUT2D eigenvalue weighted by Crippen LogP contribution is -2.25. The average molecular weight is 202 g/mol. The molecule has 0 fully saturated rings. The van der Waals surface area contributed by atoms with Crippen molar-refractivity contribution in [2.75, 3.05) is 0 Å². The first-order valence-electron chi connectivity index (χ1n) is 5.63. The lowest BCUT2D eigenvalue weighted by Gasteiger charge is -2.34. The molecule has 0 radical (unpaired) electrons. The molecule has 0 bridgehead atoms. The molecule has 0 saturated carbocycles. The Balaban J connectivity index is 2.23. The Hall–Kier alpha value is -1.08. The van der Waals surface area contributed by atoms with Crippen molar-refractivity contribution in [2.24, 2.45) is 5.41 Å². The van der Waals surface area contributed by atoms with E-state index < -0.39 is 0 Å². The molecule has 0 heterocycles. The van der Waals surface area contributed by atoms with E-state index in [1.54, 1.807) is 0 Å². The van der Waals surface area contributed by atoms with Crippen LogP contribution < -0.4 is 0 Å². The van der Waals surface area contributed by atoms with Crippen LogP contribution in [-0.2, 0) is 0 Å². The van der Waals surface area contributed by atoms with Gasteiger partial charge in [0, 0.05) is 5.41 Å². The van der Waals surface area contributed by atoms with Crippen molar-refractivity contribution in [2.45, 2.75) is 32.3 Å². The van der Waals surface area contributed by atoms with Gasteiger partial charge in [-0.15, -0.1) is 0 Å². The summed E-state index contributed by atoms with van der Waals surface area (Å²) in [6, 6.07) is 9.94. The SMILES string of the molecule is C[C@@]1([C@H](O)c2ccccc2)C=CCCC1. The Morgan fingerprint density at radius 3 is 2.60 bits per heavy atom. The van der Waals surface area contributed by atoms with Gasteiger partial charge in [0.25, 0.3) is 0 Å². The van der Waals surface area contributed by atoms with Gasteiger partial charge in [0.05, 0.1) is 6.10 Å². The molecule has 2 atom stereocenters. The fourth-order valence-electron chi connectivity index (χ4n) is 2.28. The second-order valence-corrected chi connectivity index (χ2v) is 4.61. The number of allylic oxidation sites excluding steroid dienone is 1. The molecule has 1 aliphatic carbocycles. The highest BCUT2D eigenvalue weighted by Gasteiger charge is 2.32.